The highest BCUT2D eigenvalue weighted by molar-refractivity contribution is 7.79. The van der Waals surface area contributed by atoms with Gasteiger partial charge in [-0.3, -0.25) is 14.1 Å². The van der Waals surface area contributed by atoms with Crippen molar-refractivity contribution in [2.24, 2.45) is 10.9 Å². The van der Waals surface area contributed by atoms with Crippen LogP contribution in [-0.2, 0) is 10.4 Å². The summed E-state index contributed by atoms with van der Waals surface area (Å²) in [5, 5.41) is 0. The first-order valence-corrected chi connectivity index (χ1v) is 13.8. The van der Waals surface area contributed by atoms with Gasteiger partial charge in [0.25, 0.3) is 0 Å². The molecule has 7 heteroatoms. The Hall–Kier alpha value is -2.22. The maximum absolute atomic E-state index is 8.74. The summed E-state index contributed by atoms with van der Waals surface area (Å²) in [6.07, 6.45) is 12.6. The molecule has 188 valence electrons. The lowest BCUT2D eigenvalue weighted by Crippen LogP contribution is -2.35. The van der Waals surface area contributed by atoms with Gasteiger partial charge in [-0.15, -0.1) is 0 Å². The number of unbranched alkanes of at least 4 members (excludes halogenated alkanes) is 5. The van der Waals surface area contributed by atoms with E-state index in [9.17, 15) is 0 Å². The van der Waals surface area contributed by atoms with Crippen molar-refractivity contribution in [3.05, 3.63) is 71.8 Å². The van der Waals surface area contributed by atoms with Crippen molar-refractivity contribution >= 4 is 16.7 Å². The summed E-state index contributed by atoms with van der Waals surface area (Å²) in [4.78, 5) is 7.13. The summed E-state index contributed by atoms with van der Waals surface area (Å²) in [5.74, 6) is 1.20. The summed E-state index contributed by atoms with van der Waals surface area (Å²) in [6, 6.07) is 22.1. The van der Waals surface area contributed by atoms with Crippen LogP contribution in [0, 0.1) is 5.92 Å². The average molecular weight is 489 g/mol. The predicted octanol–water partition coefficient (Wildman–Crippen LogP) is 6.27. The Kier molecular flexibility index (Phi) is 12.9. The summed E-state index contributed by atoms with van der Waals surface area (Å²) in [7, 11) is -4.67. The molecule has 1 heterocycles. The standard InChI is InChI=1S/C27H38N2.H2O4S/c1-2-3-4-5-6-13-20-28-23-29-21-18-26(19-22-29)27(24-14-9-7-10-15-24)25-16-11-8-12-17-25;1-5(2,3)4/h7-12,14-17,23,26-27H,2-6,13,18-22H2,1H3;(H2,1,2,3,4)/b28-23+;. The van der Waals surface area contributed by atoms with Crippen molar-refractivity contribution in [3.63, 3.8) is 0 Å². The van der Waals surface area contributed by atoms with Gasteiger partial charge in [0.1, 0.15) is 0 Å². The van der Waals surface area contributed by atoms with E-state index in [4.69, 9.17) is 22.5 Å². The first-order valence-electron chi connectivity index (χ1n) is 12.4. The number of aliphatic imine (C=N–C) groups is 1. The molecular weight excluding hydrogens is 448 g/mol. The van der Waals surface area contributed by atoms with Gasteiger partial charge in [-0.05, 0) is 36.3 Å². The van der Waals surface area contributed by atoms with Crippen LogP contribution in [-0.4, -0.2) is 48.4 Å². The molecule has 1 fully saturated rings. The molecule has 3 rings (SSSR count). The van der Waals surface area contributed by atoms with Crippen molar-refractivity contribution in [2.45, 2.75) is 64.2 Å². The van der Waals surface area contributed by atoms with Crippen LogP contribution < -0.4 is 0 Å². The average Bonchev–Trinajstić information content (AvgIpc) is 2.82. The summed E-state index contributed by atoms with van der Waals surface area (Å²) < 4.78 is 31.6. The van der Waals surface area contributed by atoms with E-state index in [0.29, 0.717) is 11.8 Å². The minimum atomic E-state index is -4.67. The fraction of sp³-hybridized carbons (Fsp3) is 0.519. The van der Waals surface area contributed by atoms with Crippen LogP contribution in [0.3, 0.4) is 0 Å². The molecule has 0 atom stereocenters. The highest BCUT2D eigenvalue weighted by Gasteiger charge is 2.28. The Balaban J connectivity index is 0.000000739. The molecule has 0 saturated carbocycles. The van der Waals surface area contributed by atoms with E-state index in [1.165, 1.54) is 62.5 Å². The van der Waals surface area contributed by atoms with Crippen LogP contribution in [0.25, 0.3) is 0 Å². The molecule has 2 N–H and O–H groups in total. The second-order valence-electron chi connectivity index (χ2n) is 8.91. The van der Waals surface area contributed by atoms with Crippen LogP contribution in [0.1, 0.15) is 75.3 Å². The van der Waals surface area contributed by atoms with Gasteiger partial charge in [0.2, 0.25) is 0 Å². The van der Waals surface area contributed by atoms with Crippen LogP contribution >= 0.6 is 0 Å². The molecule has 1 aliphatic rings. The van der Waals surface area contributed by atoms with Crippen LogP contribution in [0.2, 0.25) is 0 Å². The Morgan fingerprint density at radius 3 is 1.85 bits per heavy atom. The number of likely N-dealkylation sites (tertiary alicyclic amines) is 1. The van der Waals surface area contributed by atoms with Crippen LogP contribution in [0.4, 0.5) is 0 Å². The summed E-state index contributed by atoms with van der Waals surface area (Å²) >= 11 is 0. The predicted molar refractivity (Wildman–Crippen MR) is 140 cm³/mol. The summed E-state index contributed by atoms with van der Waals surface area (Å²) in [6.45, 7) is 5.51. The highest BCUT2D eigenvalue weighted by atomic mass is 32.3. The van der Waals surface area contributed by atoms with Gasteiger partial charge < -0.3 is 4.90 Å². The number of hydrogen-bond acceptors (Lipinski definition) is 3. The maximum atomic E-state index is 8.74. The van der Waals surface area contributed by atoms with E-state index < -0.39 is 10.4 Å². The number of rotatable bonds is 11. The molecule has 6 nitrogen and oxygen atoms in total. The second-order valence-corrected chi connectivity index (χ2v) is 9.81. The van der Waals surface area contributed by atoms with Crippen molar-refractivity contribution in [1.29, 1.82) is 0 Å². The van der Waals surface area contributed by atoms with E-state index >= 15 is 0 Å². The van der Waals surface area contributed by atoms with Crippen molar-refractivity contribution < 1.29 is 17.5 Å². The number of hydrogen-bond donors (Lipinski definition) is 2. The normalized spacial score (nSPS) is 14.9. The van der Waals surface area contributed by atoms with Gasteiger partial charge in [-0.1, -0.05) is 99.7 Å². The van der Waals surface area contributed by atoms with Gasteiger partial charge in [-0.2, -0.15) is 8.42 Å². The Labute approximate surface area is 205 Å². The lowest BCUT2D eigenvalue weighted by Gasteiger charge is -2.36. The fourth-order valence-corrected chi connectivity index (χ4v) is 4.58. The first-order chi connectivity index (χ1) is 16.4. The Bertz CT molecular complexity index is 865. The topological polar surface area (TPSA) is 90.2 Å². The zero-order valence-electron chi connectivity index (χ0n) is 20.3. The third-order valence-electron chi connectivity index (χ3n) is 6.25. The minimum absolute atomic E-state index is 0.500. The quantitative estimate of drug-likeness (QED) is 0.168. The second kappa shape index (κ2) is 15.6. The molecule has 2 aromatic carbocycles. The zero-order valence-corrected chi connectivity index (χ0v) is 21.1. The lowest BCUT2D eigenvalue weighted by atomic mass is 9.76. The van der Waals surface area contributed by atoms with Crippen molar-refractivity contribution in [2.75, 3.05) is 19.6 Å². The molecule has 0 radical (unpaired) electrons. The molecule has 0 aromatic heterocycles. The SMILES string of the molecule is CCCCCCCC/N=C/N1CCC(C(c2ccccc2)c2ccccc2)CC1.O=S(=O)(O)O. The number of nitrogens with zero attached hydrogens (tertiary/aromatic N) is 2. The molecule has 1 aliphatic heterocycles. The van der Waals surface area contributed by atoms with E-state index in [1.807, 2.05) is 0 Å². The van der Waals surface area contributed by atoms with Gasteiger partial charge in [0, 0.05) is 25.6 Å². The van der Waals surface area contributed by atoms with Crippen molar-refractivity contribution in [3.8, 4) is 0 Å². The molecule has 0 aliphatic carbocycles. The van der Waals surface area contributed by atoms with Crippen LogP contribution in [0.15, 0.2) is 65.7 Å². The van der Waals surface area contributed by atoms with Gasteiger partial charge in [0.15, 0.2) is 0 Å². The number of piperidine rings is 1. The number of benzene rings is 2. The zero-order chi connectivity index (χ0) is 24.7. The molecule has 0 bridgehead atoms. The Morgan fingerprint density at radius 2 is 1.35 bits per heavy atom. The molecule has 34 heavy (non-hydrogen) atoms. The smallest absolute Gasteiger partial charge is 0.363 e. The largest absolute Gasteiger partial charge is 0.394 e. The fourth-order valence-electron chi connectivity index (χ4n) is 4.58. The van der Waals surface area contributed by atoms with E-state index in [1.54, 1.807) is 0 Å². The van der Waals surface area contributed by atoms with Crippen LogP contribution in [0.5, 0.6) is 0 Å². The monoisotopic (exact) mass is 488 g/mol. The summed E-state index contributed by atoms with van der Waals surface area (Å²) in [5.41, 5.74) is 2.91. The molecular formula is C27H40N2O4S. The van der Waals surface area contributed by atoms with Gasteiger partial charge in [-0.25, -0.2) is 0 Å². The maximum Gasteiger partial charge on any atom is 0.394 e. The Morgan fingerprint density at radius 1 is 0.882 bits per heavy atom. The van der Waals surface area contributed by atoms with E-state index in [0.717, 1.165) is 19.6 Å². The van der Waals surface area contributed by atoms with E-state index in [2.05, 4.69) is 78.8 Å². The molecule has 0 unspecified atom stereocenters. The lowest BCUT2D eigenvalue weighted by molar-refractivity contribution is 0.254. The third kappa shape index (κ3) is 11.8. The minimum Gasteiger partial charge on any atom is -0.363 e. The van der Waals surface area contributed by atoms with Crippen molar-refractivity contribution in [1.82, 2.24) is 4.90 Å². The molecule has 0 spiro atoms. The molecule has 1 saturated heterocycles. The van der Waals surface area contributed by atoms with Gasteiger partial charge in [0.05, 0.1) is 6.34 Å². The molecule has 2 aromatic rings. The molecule has 0 amide bonds. The first kappa shape index (κ1) is 28.0. The van der Waals surface area contributed by atoms with E-state index in [-0.39, 0.29) is 0 Å². The third-order valence-corrected chi connectivity index (χ3v) is 6.25. The highest BCUT2D eigenvalue weighted by Crippen LogP contribution is 2.37. The van der Waals surface area contributed by atoms with Gasteiger partial charge >= 0.3 is 10.4 Å².